The number of hydrogen-bond acceptors (Lipinski definition) is 5. The van der Waals surface area contributed by atoms with Crippen molar-refractivity contribution in [3.63, 3.8) is 0 Å². The quantitative estimate of drug-likeness (QED) is 0.627. The standard InChI is InChI=1S/C20H18N2O5/c1-12(23)13-2-4-14(5-3-13)21-18(24)20(8-9-20)19(25)22-15-6-7-16-17(10-15)27-11-26-16/h2-7,10H,8-9,11H2,1H3,(H,21,24)(H,22,25). The third kappa shape index (κ3) is 3.23. The van der Waals surface area contributed by atoms with Gasteiger partial charge in [-0.3, -0.25) is 14.4 Å². The highest BCUT2D eigenvalue weighted by Gasteiger charge is 2.56. The van der Waals surface area contributed by atoms with Crippen LogP contribution in [0.25, 0.3) is 0 Å². The number of carbonyl (C=O) groups is 3. The van der Waals surface area contributed by atoms with Crippen molar-refractivity contribution in [2.45, 2.75) is 19.8 Å². The van der Waals surface area contributed by atoms with Crippen LogP contribution >= 0.6 is 0 Å². The summed E-state index contributed by atoms with van der Waals surface area (Å²) in [5, 5.41) is 5.55. The molecule has 1 aliphatic carbocycles. The summed E-state index contributed by atoms with van der Waals surface area (Å²) in [6.45, 7) is 1.63. The first-order valence-electron chi connectivity index (χ1n) is 8.61. The molecule has 4 rings (SSSR count). The maximum absolute atomic E-state index is 12.7. The monoisotopic (exact) mass is 366 g/mol. The van der Waals surface area contributed by atoms with Crippen molar-refractivity contribution < 1.29 is 23.9 Å². The molecule has 2 N–H and O–H groups in total. The van der Waals surface area contributed by atoms with Crippen molar-refractivity contribution in [3.8, 4) is 11.5 Å². The average Bonchev–Trinajstić information content (AvgIpc) is 3.35. The SMILES string of the molecule is CC(=O)c1ccc(NC(=O)C2(C(=O)Nc3ccc4c(c3)OCO4)CC2)cc1. The minimum atomic E-state index is -1.07. The van der Waals surface area contributed by atoms with E-state index in [-0.39, 0.29) is 24.4 Å². The van der Waals surface area contributed by atoms with Gasteiger partial charge in [0, 0.05) is 23.0 Å². The van der Waals surface area contributed by atoms with Crippen LogP contribution in [-0.2, 0) is 9.59 Å². The van der Waals surface area contributed by atoms with Gasteiger partial charge in [0.25, 0.3) is 0 Å². The summed E-state index contributed by atoms with van der Waals surface area (Å²) in [5.41, 5.74) is 0.589. The summed E-state index contributed by atoms with van der Waals surface area (Å²) in [5.74, 6) is 0.443. The highest BCUT2D eigenvalue weighted by molar-refractivity contribution is 6.17. The fraction of sp³-hybridized carbons (Fsp3) is 0.250. The number of carbonyl (C=O) groups excluding carboxylic acids is 3. The first-order chi connectivity index (χ1) is 13.0. The molecule has 0 radical (unpaired) electrons. The largest absolute Gasteiger partial charge is 0.454 e. The molecule has 2 aromatic rings. The molecule has 138 valence electrons. The van der Waals surface area contributed by atoms with E-state index in [9.17, 15) is 14.4 Å². The summed E-state index contributed by atoms with van der Waals surface area (Å²) in [7, 11) is 0. The van der Waals surface area contributed by atoms with Crippen molar-refractivity contribution in [2.75, 3.05) is 17.4 Å². The average molecular weight is 366 g/mol. The van der Waals surface area contributed by atoms with Crippen molar-refractivity contribution in [1.29, 1.82) is 0 Å². The number of hydrogen-bond donors (Lipinski definition) is 2. The number of ether oxygens (including phenoxy) is 2. The molecule has 0 saturated heterocycles. The Balaban J connectivity index is 1.43. The Morgan fingerprint density at radius 2 is 1.44 bits per heavy atom. The van der Waals surface area contributed by atoms with E-state index in [0.29, 0.717) is 41.3 Å². The minimum Gasteiger partial charge on any atom is -0.454 e. The van der Waals surface area contributed by atoms with Gasteiger partial charge in [-0.15, -0.1) is 0 Å². The van der Waals surface area contributed by atoms with Gasteiger partial charge >= 0.3 is 0 Å². The van der Waals surface area contributed by atoms with E-state index in [1.807, 2.05) is 0 Å². The molecule has 1 aliphatic heterocycles. The molecule has 0 unspecified atom stereocenters. The van der Waals surface area contributed by atoms with Crippen molar-refractivity contribution in [1.82, 2.24) is 0 Å². The van der Waals surface area contributed by atoms with Crippen LogP contribution in [0.4, 0.5) is 11.4 Å². The Bertz CT molecular complexity index is 932. The van der Waals surface area contributed by atoms with Gasteiger partial charge in [0.15, 0.2) is 17.3 Å². The number of benzene rings is 2. The number of nitrogens with one attached hydrogen (secondary N) is 2. The summed E-state index contributed by atoms with van der Waals surface area (Å²) in [4.78, 5) is 36.7. The topological polar surface area (TPSA) is 93.7 Å². The molecular weight excluding hydrogens is 348 g/mol. The molecule has 2 amide bonds. The third-order valence-electron chi connectivity index (χ3n) is 4.80. The lowest BCUT2D eigenvalue weighted by Crippen LogP contribution is -2.35. The van der Waals surface area contributed by atoms with Crippen LogP contribution in [0.2, 0.25) is 0 Å². The second-order valence-electron chi connectivity index (χ2n) is 6.69. The number of amides is 2. The van der Waals surface area contributed by atoms with E-state index in [4.69, 9.17) is 9.47 Å². The van der Waals surface area contributed by atoms with E-state index in [0.717, 1.165) is 0 Å². The van der Waals surface area contributed by atoms with E-state index in [1.165, 1.54) is 6.92 Å². The van der Waals surface area contributed by atoms with Crippen LogP contribution in [0, 0.1) is 5.41 Å². The molecule has 0 spiro atoms. The number of anilines is 2. The Kier molecular flexibility index (Phi) is 4.07. The van der Waals surface area contributed by atoms with E-state index >= 15 is 0 Å². The van der Waals surface area contributed by atoms with Crippen LogP contribution in [0.5, 0.6) is 11.5 Å². The normalized spacial score (nSPS) is 15.7. The highest BCUT2D eigenvalue weighted by atomic mass is 16.7. The molecule has 1 saturated carbocycles. The Morgan fingerprint density at radius 3 is 2.07 bits per heavy atom. The van der Waals surface area contributed by atoms with E-state index in [1.54, 1.807) is 42.5 Å². The second-order valence-corrected chi connectivity index (χ2v) is 6.69. The van der Waals surface area contributed by atoms with Crippen LogP contribution in [0.3, 0.4) is 0 Å². The van der Waals surface area contributed by atoms with E-state index < -0.39 is 5.41 Å². The summed E-state index contributed by atoms with van der Waals surface area (Å²) >= 11 is 0. The lowest BCUT2D eigenvalue weighted by molar-refractivity contribution is -0.131. The van der Waals surface area contributed by atoms with Gasteiger partial charge in [-0.05, 0) is 56.2 Å². The molecule has 1 heterocycles. The fourth-order valence-electron chi connectivity index (χ4n) is 2.95. The zero-order valence-corrected chi connectivity index (χ0v) is 14.7. The first-order valence-corrected chi connectivity index (χ1v) is 8.61. The highest BCUT2D eigenvalue weighted by Crippen LogP contribution is 2.48. The third-order valence-corrected chi connectivity index (χ3v) is 4.80. The zero-order valence-electron chi connectivity index (χ0n) is 14.7. The molecule has 2 aromatic carbocycles. The van der Waals surface area contributed by atoms with Gasteiger partial charge in [-0.1, -0.05) is 0 Å². The van der Waals surface area contributed by atoms with Gasteiger partial charge in [0.2, 0.25) is 18.6 Å². The van der Waals surface area contributed by atoms with Crippen LogP contribution < -0.4 is 20.1 Å². The Morgan fingerprint density at radius 1 is 0.852 bits per heavy atom. The van der Waals surface area contributed by atoms with Crippen LogP contribution in [0.15, 0.2) is 42.5 Å². The predicted octanol–water partition coefficient (Wildman–Crippen LogP) is 2.98. The minimum absolute atomic E-state index is 0.0466. The molecular formula is C20H18N2O5. The lowest BCUT2D eigenvalue weighted by Gasteiger charge is -2.16. The van der Waals surface area contributed by atoms with Gasteiger partial charge in [0.05, 0.1) is 0 Å². The maximum Gasteiger partial charge on any atom is 0.240 e. The number of ketones is 1. The smallest absolute Gasteiger partial charge is 0.240 e. The molecule has 1 fully saturated rings. The summed E-state index contributed by atoms with van der Waals surface area (Å²) in [6.07, 6.45) is 0.974. The lowest BCUT2D eigenvalue weighted by atomic mass is 10.0. The predicted molar refractivity (Wildman–Crippen MR) is 97.9 cm³/mol. The van der Waals surface area contributed by atoms with Crippen LogP contribution in [-0.4, -0.2) is 24.4 Å². The van der Waals surface area contributed by atoms with Gasteiger partial charge in [-0.25, -0.2) is 0 Å². The van der Waals surface area contributed by atoms with Crippen LogP contribution in [0.1, 0.15) is 30.1 Å². The zero-order chi connectivity index (χ0) is 19.0. The number of fused-ring (bicyclic) bond motifs is 1. The molecule has 2 aliphatic rings. The molecule has 27 heavy (non-hydrogen) atoms. The van der Waals surface area contributed by atoms with Gasteiger partial charge < -0.3 is 20.1 Å². The van der Waals surface area contributed by atoms with Crippen molar-refractivity contribution >= 4 is 29.0 Å². The Hall–Kier alpha value is -3.35. The van der Waals surface area contributed by atoms with Crippen molar-refractivity contribution in [2.24, 2.45) is 5.41 Å². The molecule has 7 heteroatoms. The molecule has 0 bridgehead atoms. The molecule has 0 atom stereocenters. The Labute approximate surface area is 155 Å². The van der Waals surface area contributed by atoms with Crippen molar-refractivity contribution in [3.05, 3.63) is 48.0 Å². The fourth-order valence-corrected chi connectivity index (χ4v) is 2.95. The first kappa shape index (κ1) is 17.1. The second kappa shape index (κ2) is 6.42. The van der Waals surface area contributed by atoms with Gasteiger partial charge in [-0.2, -0.15) is 0 Å². The summed E-state index contributed by atoms with van der Waals surface area (Å²) in [6, 6.07) is 11.7. The van der Waals surface area contributed by atoms with E-state index in [2.05, 4.69) is 10.6 Å². The number of rotatable bonds is 5. The number of Topliss-reactive ketones (excluding diaryl/α,β-unsaturated/α-hetero) is 1. The summed E-state index contributed by atoms with van der Waals surface area (Å²) < 4.78 is 10.5. The molecule has 0 aromatic heterocycles. The molecule has 7 nitrogen and oxygen atoms in total. The maximum atomic E-state index is 12.7. The van der Waals surface area contributed by atoms with Gasteiger partial charge in [0.1, 0.15) is 5.41 Å².